The van der Waals surface area contributed by atoms with Crippen LogP contribution in [0.25, 0.3) is 0 Å². The number of aryl methyl sites for hydroxylation is 1. The molecule has 1 aromatic rings. The summed E-state index contributed by atoms with van der Waals surface area (Å²) in [6, 6.07) is 0. The molecule has 4 heteroatoms. The maximum atomic E-state index is 9.54. The molecule has 1 atom stereocenters. The predicted octanol–water partition coefficient (Wildman–Crippen LogP) is 0.923. The molecule has 1 aromatic heterocycles. The van der Waals surface area contributed by atoms with Gasteiger partial charge in [-0.1, -0.05) is 6.42 Å². The summed E-state index contributed by atoms with van der Waals surface area (Å²) in [7, 11) is 0. The van der Waals surface area contributed by atoms with Crippen molar-refractivity contribution in [1.82, 2.24) is 10.2 Å². The fraction of sp³-hybridized carbons (Fsp3) is 0.727. The van der Waals surface area contributed by atoms with Crippen molar-refractivity contribution in [1.29, 1.82) is 0 Å². The third-order valence-corrected chi connectivity index (χ3v) is 3.86. The number of nitrogens with one attached hydrogen (secondary N) is 1. The average molecular weight is 209 g/mol. The molecular formula is C11H19N3O. The molecule has 0 saturated heterocycles. The normalized spacial score (nSPS) is 21.0. The molecule has 0 amide bonds. The van der Waals surface area contributed by atoms with Crippen molar-refractivity contribution >= 4 is 0 Å². The molecule has 0 spiro atoms. The van der Waals surface area contributed by atoms with Crippen molar-refractivity contribution in [3.63, 3.8) is 0 Å². The van der Waals surface area contributed by atoms with Crippen LogP contribution < -0.4 is 5.73 Å². The number of rotatable bonds is 4. The lowest BCUT2D eigenvalue weighted by molar-refractivity contribution is 0.0177. The van der Waals surface area contributed by atoms with Gasteiger partial charge in [-0.05, 0) is 25.3 Å². The molecule has 1 fully saturated rings. The number of aromatic amines is 1. The van der Waals surface area contributed by atoms with Gasteiger partial charge < -0.3 is 10.8 Å². The Labute approximate surface area is 89.9 Å². The van der Waals surface area contributed by atoms with Gasteiger partial charge in [0.2, 0.25) is 0 Å². The number of nitrogens with zero attached hydrogens (tertiary/aromatic N) is 1. The van der Waals surface area contributed by atoms with Crippen molar-refractivity contribution in [3.8, 4) is 0 Å². The molecule has 4 N–H and O–H groups in total. The highest BCUT2D eigenvalue weighted by atomic mass is 16.3. The van der Waals surface area contributed by atoms with Crippen LogP contribution in [0.4, 0.5) is 0 Å². The summed E-state index contributed by atoms with van der Waals surface area (Å²) in [5.74, 6) is 0.221. The number of aliphatic hydroxyl groups is 1. The Balaban J connectivity index is 2.27. The fourth-order valence-electron chi connectivity index (χ4n) is 2.63. The first-order chi connectivity index (χ1) is 7.23. The Kier molecular flexibility index (Phi) is 2.80. The standard InChI is InChI=1S/C11H19N3O/c1-8-6-13-14-10(8)9(5-12)11(7-15)3-2-4-11/h6,9,15H,2-5,7,12H2,1H3,(H,13,14). The van der Waals surface area contributed by atoms with E-state index in [9.17, 15) is 5.11 Å². The second-order valence-electron chi connectivity index (χ2n) is 4.63. The van der Waals surface area contributed by atoms with Crippen LogP contribution >= 0.6 is 0 Å². The Morgan fingerprint density at radius 1 is 1.67 bits per heavy atom. The van der Waals surface area contributed by atoms with Crippen LogP contribution in [0.5, 0.6) is 0 Å². The van der Waals surface area contributed by atoms with Gasteiger partial charge in [0.1, 0.15) is 0 Å². The molecule has 0 aromatic carbocycles. The molecule has 1 unspecified atom stereocenters. The number of H-pyrrole nitrogens is 1. The number of hydrogen-bond donors (Lipinski definition) is 3. The second-order valence-corrected chi connectivity index (χ2v) is 4.63. The van der Waals surface area contributed by atoms with Gasteiger partial charge in [-0.25, -0.2) is 0 Å². The molecule has 0 bridgehead atoms. The van der Waals surface area contributed by atoms with Crippen molar-refractivity contribution in [2.75, 3.05) is 13.2 Å². The largest absolute Gasteiger partial charge is 0.396 e. The smallest absolute Gasteiger partial charge is 0.0519 e. The summed E-state index contributed by atoms with van der Waals surface area (Å²) >= 11 is 0. The quantitative estimate of drug-likeness (QED) is 0.690. The Hall–Kier alpha value is -0.870. The fourth-order valence-corrected chi connectivity index (χ4v) is 2.63. The van der Waals surface area contributed by atoms with Crippen molar-refractivity contribution in [2.45, 2.75) is 32.1 Å². The SMILES string of the molecule is Cc1cn[nH]c1C(CN)C1(CO)CCC1. The van der Waals surface area contributed by atoms with E-state index in [0.29, 0.717) is 6.54 Å². The highest BCUT2D eigenvalue weighted by molar-refractivity contribution is 5.23. The van der Waals surface area contributed by atoms with Gasteiger partial charge in [0.15, 0.2) is 0 Å². The minimum absolute atomic E-state index is 0.00600. The first-order valence-corrected chi connectivity index (χ1v) is 5.54. The molecule has 1 aliphatic carbocycles. The Morgan fingerprint density at radius 3 is 2.73 bits per heavy atom. The monoisotopic (exact) mass is 209 g/mol. The van der Waals surface area contributed by atoms with Crippen LogP contribution in [0.2, 0.25) is 0 Å². The van der Waals surface area contributed by atoms with E-state index in [0.717, 1.165) is 24.1 Å². The zero-order valence-electron chi connectivity index (χ0n) is 9.16. The van der Waals surface area contributed by atoms with Crippen LogP contribution in [-0.4, -0.2) is 28.5 Å². The van der Waals surface area contributed by atoms with Crippen molar-refractivity contribution in [2.24, 2.45) is 11.1 Å². The molecule has 4 nitrogen and oxygen atoms in total. The molecule has 1 heterocycles. The van der Waals surface area contributed by atoms with E-state index in [4.69, 9.17) is 5.73 Å². The van der Waals surface area contributed by atoms with E-state index < -0.39 is 0 Å². The topological polar surface area (TPSA) is 74.9 Å². The minimum atomic E-state index is 0.00600. The van der Waals surface area contributed by atoms with Gasteiger partial charge in [0.25, 0.3) is 0 Å². The lowest BCUT2D eigenvalue weighted by Crippen LogP contribution is -2.43. The average Bonchev–Trinajstić information content (AvgIpc) is 2.58. The lowest BCUT2D eigenvalue weighted by atomic mass is 9.60. The van der Waals surface area contributed by atoms with Crippen LogP contribution in [0.15, 0.2) is 6.20 Å². The van der Waals surface area contributed by atoms with Gasteiger partial charge in [-0.15, -0.1) is 0 Å². The summed E-state index contributed by atoms with van der Waals surface area (Å²) in [6.45, 7) is 2.84. The van der Waals surface area contributed by atoms with E-state index in [1.807, 2.05) is 13.1 Å². The zero-order chi connectivity index (χ0) is 10.9. The Morgan fingerprint density at radius 2 is 2.40 bits per heavy atom. The molecule has 0 radical (unpaired) electrons. The molecular weight excluding hydrogens is 190 g/mol. The van der Waals surface area contributed by atoms with Gasteiger partial charge in [-0.3, -0.25) is 5.10 Å². The number of nitrogens with two attached hydrogens (primary N) is 1. The molecule has 15 heavy (non-hydrogen) atoms. The van der Waals surface area contributed by atoms with Gasteiger partial charge >= 0.3 is 0 Å². The number of hydrogen-bond acceptors (Lipinski definition) is 3. The van der Waals surface area contributed by atoms with E-state index in [-0.39, 0.29) is 17.9 Å². The molecule has 2 rings (SSSR count). The Bertz CT molecular complexity index is 325. The van der Waals surface area contributed by atoms with E-state index in [1.54, 1.807) is 0 Å². The third kappa shape index (κ3) is 1.58. The minimum Gasteiger partial charge on any atom is -0.396 e. The predicted molar refractivity (Wildman–Crippen MR) is 58.5 cm³/mol. The van der Waals surface area contributed by atoms with Crippen LogP contribution in [0, 0.1) is 12.3 Å². The summed E-state index contributed by atoms with van der Waals surface area (Å²) in [5, 5.41) is 16.6. The first-order valence-electron chi connectivity index (χ1n) is 5.54. The maximum absolute atomic E-state index is 9.54. The number of aromatic nitrogens is 2. The van der Waals surface area contributed by atoms with Crippen LogP contribution in [0.1, 0.15) is 36.4 Å². The second kappa shape index (κ2) is 3.94. The van der Waals surface area contributed by atoms with Crippen molar-refractivity contribution < 1.29 is 5.11 Å². The molecule has 84 valence electrons. The summed E-state index contributed by atoms with van der Waals surface area (Å²) < 4.78 is 0. The summed E-state index contributed by atoms with van der Waals surface area (Å²) in [5.41, 5.74) is 8.10. The maximum Gasteiger partial charge on any atom is 0.0519 e. The zero-order valence-corrected chi connectivity index (χ0v) is 9.16. The number of aliphatic hydroxyl groups excluding tert-OH is 1. The summed E-state index contributed by atoms with van der Waals surface area (Å²) in [4.78, 5) is 0. The van der Waals surface area contributed by atoms with E-state index >= 15 is 0 Å². The molecule has 1 aliphatic rings. The van der Waals surface area contributed by atoms with Crippen LogP contribution in [-0.2, 0) is 0 Å². The third-order valence-electron chi connectivity index (χ3n) is 3.86. The highest BCUT2D eigenvalue weighted by Gasteiger charge is 2.44. The van der Waals surface area contributed by atoms with Gasteiger partial charge in [0.05, 0.1) is 6.20 Å². The van der Waals surface area contributed by atoms with E-state index in [1.165, 1.54) is 6.42 Å². The first kappa shape index (κ1) is 10.6. The van der Waals surface area contributed by atoms with E-state index in [2.05, 4.69) is 10.2 Å². The summed E-state index contributed by atoms with van der Waals surface area (Å²) in [6.07, 6.45) is 5.17. The molecule has 1 saturated carbocycles. The van der Waals surface area contributed by atoms with Crippen molar-refractivity contribution in [3.05, 3.63) is 17.5 Å². The molecule has 0 aliphatic heterocycles. The highest BCUT2D eigenvalue weighted by Crippen LogP contribution is 2.50. The van der Waals surface area contributed by atoms with Crippen LogP contribution in [0.3, 0.4) is 0 Å². The van der Waals surface area contributed by atoms with Gasteiger partial charge in [-0.2, -0.15) is 5.10 Å². The van der Waals surface area contributed by atoms with Gasteiger partial charge in [0, 0.05) is 30.2 Å². The lowest BCUT2D eigenvalue weighted by Gasteiger charge is -2.46.